The quantitative estimate of drug-likeness (QED) is 0.513. The van der Waals surface area contributed by atoms with E-state index in [1.165, 1.54) is 10.4 Å². The van der Waals surface area contributed by atoms with Crippen LogP contribution in [0.4, 0.5) is 0 Å². The second-order valence-electron chi connectivity index (χ2n) is 9.50. The van der Waals surface area contributed by atoms with Crippen molar-refractivity contribution in [3.8, 4) is 0 Å². The van der Waals surface area contributed by atoms with Crippen LogP contribution in [0.25, 0.3) is 0 Å². The summed E-state index contributed by atoms with van der Waals surface area (Å²) in [4.78, 5) is 31.5. The molecule has 0 fully saturated rings. The molecule has 0 radical (unpaired) electrons. The molecule has 168 valence electrons. The van der Waals surface area contributed by atoms with E-state index in [2.05, 4.69) is 39.1 Å². The van der Waals surface area contributed by atoms with Gasteiger partial charge in [0.15, 0.2) is 0 Å². The first-order valence-electron chi connectivity index (χ1n) is 11.1. The Labute approximate surface area is 195 Å². The Morgan fingerprint density at radius 2 is 1.90 bits per heavy atom. The SMILES string of the molecule is CCCCN(CC(=O)N1CCc2sccc2C1c1ccc(Cl)cc1)C(=O)CC(C)(C)C. The molecule has 0 saturated heterocycles. The molecule has 0 saturated carbocycles. The van der Waals surface area contributed by atoms with Gasteiger partial charge >= 0.3 is 0 Å². The van der Waals surface area contributed by atoms with Gasteiger partial charge in [0, 0.05) is 29.4 Å². The first kappa shape index (κ1) is 23.8. The van der Waals surface area contributed by atoms with Crippen LogP contribution in [0.3, 0.4) is 0 Å². The Kier molecular flexibility index (Phi) is 7.82. The van der Waals surface area contributed by atoms with Crippen LogP contribution in [0.1, 0.15) is 69.0 Å². The summed E-state index contributed by atoms with van der Waals surface area (Å²) in [5, 5.41) is 2.78. The molecule has 1 aromatic heterocycles. The lowest BCUT2D eigenvalue weighted by atomic mass is 9.91. The van der Waals surface area contributed by atoms with E-state index < -0.39 is 0 Å². The third kappa shape index (κ3) is 6.11. The van der Waals surface area contributed by atoms with E-state index in [9.17, 15) is 9.59 Å². The van der Waals surface area contributed by atoms with Crippen LogP contribution in [-0.2, 0) is 16.0 Å². The minimum atomic E-state index is -0.134. The van der Waals surface area contributed by atoms with Crippen LogP contribution in [0.5, 0.6) is 0 Å². The van der Waals surface area contributed by atoms with Crippen molar-refractivity contribution in [1.82, 2.24) is 9.80 Å². The zero-order chi connectivity index (χ0) is 22.6. The number of thiophene rings is 1. The first-order valence-corrected chi connectivity index (χ1v) is 12.3. The molecule has 2 heterocycles. The van der Waals surface area contributed by atoms with Crippen LogP contribution in [0, 0.1) is 5.41 Å². The smallest absolute Gasteiger partial charge is 0.242 e. The number of hydrogen-bond acceptors (Lipinski definition) is 3. The molecule has 4 nitrogen and oxygen atoms in total. The molecule has 31 heavy (non-hydrogen) atoms. The number of hydrogen-bond donors (Lipinski definition) is 0. The molecule has 2 aromatic rings. The molecule has 1 unspecified atom stereocenters. The van der Waals surface area contributed by atoms with Gasteiger partial charge in [0.25, 0.3) is 0 Å². The van der Waals surface area contributed by atoms with Gasteiger partial charge in [0.05, 0.1) is 12.6 Å². The Balaban J connectivity index is 1.85. The number of halogens is 1. The van der Waals surface area contributed by atoms with Gasteiger partial charge in [0.1, 0.15) is 0 Å². The van der Waals surface area contributed by atoms with Gasteiger partial charge in [-0.05, 0) is 53.0 Å². The normalized spacial score (nSPS) is 16.2. The fourth-order valence-corrected chi connectivity index (χ4v) is 5.08. The Bertz CT molecular complexity index is 901. The van der Waals surface area contributed by atoms with Crippen LogP contribution < -0.4 is 0 Å². The van der Waals surface area contributed by atoms with Crippen molar-refractivity contribution in [2.75, 3.05) is 19.6 Å². The van der Waals surface area contributed by atoms with Crippen LogP contribution in [0.15, 0.2) is 35.7 Å². The second-order valence-corrected chi connectivity index (χ2v) is 10.9. The number of amides is 2. The number of benzene rings is 1. The van der Waals surface area contributed by atoms with E-state index in [1.807, 2.05) is 29.2 Å². The van der Waals surface area contributed by atoms with E-state index in [0.717, 1.165) is 24.8 Å². The van der Waals surface area contributed by atoms with E-state index in [-0.39, 0.29) is 29.8 Å². The van der Waals surface area contributed by atoms with E-state index >= 15 is 0 Å². The summed E-state index contributed by atoms with van der Waals surface area (Å²) in [5.41, 5.74) is 2.14. The van der Waals surface area contributed by atoms with Crippen molar-refractivity contribution in [3.63, 3.8) is 0 Å². The zero-order valence-corrected chi connectivity index (χ0v) is 20.6. The fourth-order valence-electron chi connectivity index (χ4n) is 4.05. The maximum Gasteiger partial charge on any atom is 0.242 e. The highest BCUT2D eigenvalue weighted by Gasteiger charge is 2.34. The average Bonchev–Trinajstić information content (AvgIpc) is 3.18. The minimum Gasteiger partial charge on any atom is -0.333 e. The minimum absolute atomic E-state index is 0.00941. The second kappa shape index (κ2) is 10.2. The van der Waals surface area contributed by atoms with Crippen molar-refractivity contribution in [1.29, 1.82) is 0 Å². The fraction of sp³-hybridized carbons (Fsp3) is 0.520. The summed E-state index contributed by atoms with van der Waals surface area (Å²) in [6.07, 6.45) is 3.19. The molecule has 0 N–H and O–H groups in total. The summed E-state index contributed by atoms with van der Waals surface area (Å²) in [5.74, 6) is 0.0701. The third-order valence-electron chi connectivity index (χ3n) is 5.61. The highest BCUT2D eigenvalue weighted by atomic mass is 35.5. The molecule has 1 aliphatic heterocycles. The highest BCUT2D eigenvalue weighted by Crippen LogP contribution is 2.38. The molecular formula is C25H33ClN2O2S. The number of fused-ring (bicyclic) bond motifs is 1. The van der Waals surface area contributed by atoms with Gasteiger partial charge in [-0.25, -0.2) is 0 Å². The van der Waals surface area contributed by atoms with Gasteiger partial charge in [0.2, 0.25) is 11.8 Å². The number of unbranched alkanes of at least 4 members (excludes halogenated alkanes) is 1. The lowest BCUT2D eigenvalue weighted by Gasteiger charge is -2.38. The molecule has 6 heteroatoms. The average molecular weight is 461 g/mol. The van der Waals surface area contributed by atoms with Crippen LogP contribution >= 0.6 is 22.9 Å². The summed E-state index contributed by atoms with van der Waals surface area (Å²) in [6.45, 7) is 9.71. The maximum absolute atomic E-state index is 13.5. The van der Waals surface area contributed by atoms with Crippen molar-refractivity contribution in [3.05, 3.63) is 56.7 Å². The van der Waals surface area contributed by atoms with Crippen molar-refractivity contribution < 1.29 is 9.59 Å². The standard InChI is InChI=1S/C25H33ClN2O2S/c1-5-6-13-27(22(29)16-25(2,3)4)17-23(30)28-14-11-21-20(12-15-31-21)24(28)18-7-9-19(26)10-8-18/h7-10,12,15,24H,5-6,11,13-14,16-17H2,1-4H3. The van der Waals surface area contributed by atoms with Gasteiger partial charge < -0.3 is 9.80 Å². The molecule has 0 spiro atoms. The van der Waals surface area contributed by atoms with Gasteiger partial charge in [-0.1, -0.05) is 57.8 Å². The number of carbonyl (C=O) groups excluding carboxylic acids is 2. The first-order chi connectivity index (χ1) is 14.7. The zero-order valence-electron chi connectivity index (χ0n) is 19.0. The predicted octanol–water partition coefficient (Wildman–Crippen LogP) is 5.94. The lowest BCUT2D eigenvalue weighted by Crippen LogP contribution is -2.47. The monoisotopic (exact) mass is 460 g/mol. The number of carbonyl (C=O) groups is 2. The Morgan fingerprint density at radius 1 is 1.19 bits per heavy atom. The predicted molar refractivity (Wildman–Crippen MR) is 129 cm³/mol. The molecule has 2 amide bonds. The van der Waals surface area contributed by atoms with E-state index in [1.54, 1.807) is 16.2 Å². The van der Waals surface area contributed by atoms with Crippen LogP contribution in [0.2, 0.25) is 5.02 Å². The van der Waals surface area contributed by atoms with Gasteiger partial charge in [-0.15, -0.1) is 11.3 Å². The number of nitrogens with zero attached hydrogens (tertiary/aromatic N) is 2. The molecule has 1 aromatic carbocycles. The van der Waals surface area contributed by atoms with Gasteiger partial charge in [-0.2, -0.15) is 0 Å². The van der Waals surface area contributed by atoms with Crippen molar-refractivity contribution in [2.24, 2.45) is 5.41 Å². The summed E-state index contributed by atoms with van der Waals surface area (Å²) in [6, 6.07) is 9.74. The summed E-state index contributed by atoms with van der Waals surface area (Å²) >= 11 is 7.86. The largest absolute Gasteiger partial charge is 0.333 e. The number of rotatable bonds is 7. The molecule has 1 aliphatic rings. The van der Waals surface area contributed by atoms with Crippen molar-refractivity contribution in [2.45, 2.75) is 59.4 Å². The topological polar surface area (TPSA) is 40.6 Å². The summed E-state index contributed by atoms with van der Waals surface area (Å²) in [7, 11) is 0. The van der Waals surface area contributed by atoms with Crippen LogP contribution in [-0.4, -0.2) is 41.2 Å². The molecular weight excluding hydrogens is 428 g/mol. The molecule has 0 bridgehead atoms. The van der Waals surface area contributed by atoms with Gasteiger partial charge in [-0.3, -0.25) is 9.59 Å². The van der Waals surface area contributed by atoms with Crippen molar-refractivity contribution >= 4 is 34.8 Å². The molecule has 3 rings (SSSR count). The van der Waals surface area contributed by atoms with E-state index in [4.69, 9.17) is 11.6 Å². The van der Waals surface area contributed by atoms with E-state index in [0.29, 0.717) is 24.5 Å². The molecule has 0 aliphatic carbocycles. The lowest BCUT2D eigenvalue weighted by molar-refractivity contribution is -0.142. The third-order valence-corrected chi connectivity index (χ3v) is 6.86. The Morgan fingerprint density at radius 3 is 2.55 bits per heavy atom. The Hall–Kier alpha value is -1.85. The summed E-state index contributed by atoms with van der Waals surface area (Å²) < 4.78 is 0. The molecule has 1 atom stereocenters. The maximum atomic E-state index is 13.5. The highest BCUT2D eigenvalue weighted by molar-refractivity contribution is 7.10.